The number of aromatic nitrogens is 5. The van der Waals surface area contributed by atoms with Crippen molar-refractivity contribution in [1.29, 1.82) is 0 Å². The minimum Gasteiger partial charge on any atom is -0.464 e. The van der Waals surface area contributed by atoms with Crippen molar-refractivity contribution in [3.63, 3.8) is 0 Å². The fraction of sp³-hybridized carbons (Fsp3) is 0.500. The summed E-state index contributed by atoms with van der Waals surface area (Å²) >= 11 is 0. The highest BCUT2D eigenvalue weighted by Crippen LogP contribution is 2.09. The number of hydrogen-bond acceptors (Lipinski definition) is 6. The Morgan fingerprint density at radius 2 is 2.25 bits per heavy atom. The first kappa shape index (κ1) is 14.2. The van der Waals surface area contributed by atoms with Gasteiger partial charge in [-0.25, -0.2) is 9.48 Å². The van der Waals surface area contributed by atoms with E-state index in [2.05, 4.69) is 15.4 Å². The molecular formula is C12H18N6O2. The van der Waals surface area contributed by atoms with Crippen LogP contribution in [0.5, 0.6) is 0 Å². The predicted octanol–water partition coefficient (Wildman–Crippen LogP) is -0.458. The standard InChI is InChI=1S/C12H18N6O2/c1-17-8-9(7-14-17)4-6-18-10(3-5-13)11(15-16-18)12(19)20-2/h7-8H,3-6,13H2,1-2H3. The van der Waals surface area contributed by atoms with Gasteiger partial charge < -0.3 is 10.5 Å². The van der Waals surface area contributed by atoms with Crippen molar-refractivity contribution in [3.05, 3.63) is 29.3 Å². The molecule has 0 aliphatic heterocycles. The summed E-state index contributed by atoms with van der Waals surface area (Å²) in [6.07, 6.45) is 5.04. The molecule has 0 fully saturated rings. The van der Waals surface area contributed by atoms with E-state index in [1.54, 1.807) is 15.6 Å². The van der Waals surface area contributed by atoms with Crippen LogP contribution in [0.2, 0.25) is 0 Å². The number of methoxy groups -OCH3 is 1. The molecule has 2 aromatic heterocycles. The second kappa shape index (κ2) is 6.29. The zero-order valence-corrected chi connectivity index (χ0v) is 11.6. The van der Waals surface area contributed by atoms with Gasteiger partial charge in [-0.3, -0.25) is 4.68 Å². The molecule has 0 saturated heterocycles. The van der Waals surface area contributed by atoms with Gasteiger partial charge >= 0.3 is 5.97 Å². The van der Waals surface area contributed by atoms with Crippen molar-refractivity contribution in [3.8, 4) is 0 Å². The summed E-state index contributed by atoms with van der Waals surface area (Å²) in [5, 5.41) is 12.0. The van der Waals surface area contributed by atoms with Gasteiger partial charge in [0.2, 0.25) is 0 Å². The van der Waals surface area contributed by atoms with Gasteiger partial charge in [-0.15, -0.1) is 5.10 Å². The molecular weight excluding hydrogens is 260 g/mol. The zero-order chi connectivity index (χ0) is 14.5. The fourth-order valence-electron chi connectivity index (χ4n) is 1.99. The van der Waals surface area contributed by atoms with Crippen LogP contribution in [0.25, 0.3) is 0 Å². The topological polar surface area (TPSA) is 101 Å². The van der Waals surface area contributed by atoms with Crippen molar-refractivity contribution in [1.82, 2.24) is 24.8 Å². The molecule has 2 heterocycles. The third-order valence-corrected chi connectivity index (χ3v) is 2.97. The monoisotopic (exact) mass is 278 g/mol. The van der Waals surface area contributed by atoms with Gasteiger partial charge in [0, 0.05) is 26.2 Å². The average molecular weight is 278 g/mol. The number of esters is 1. The molecule has 0 saturated carbocycles. The Balaban J connectivity index is 2.14. The molecule has 0 unspecified atom stereocenters. The minimum atomic E-state index is -0.485. The summed E-state index contributed by atoms with van der Waals surface area (Å²) in [6, 6.07) is 0. The number of nitrogens with two attached hydrogens (primary N) is 1. The number of aryl methyl sites for hydroxylation is 3. The van der Waals surface area contributed by atoms with E-state index in [1.807, 2.05) is 13.2 Å². The lowest BCUT2D eigenvalue weighted by Crippen LogP contribution is -2.15. The van der Waals surface area contributed by atoms with Crippen molar-refractivity contribution in [2.75, 3.05) is 13.7 Å². The van der Waals surface area contributed by atoms with Gasteiger partial charge in [0.05, 0.1) is 19.0 Å². The van der Waals surface area contributed by atoms with E-state index in [0.29, 0.717) is 25.2 Å². The maximum absolute atomic E-state index is 11.6. The van der Waals surface area contributed by atoms with Crippen LogP contribution < -0.4 is 5.73 Å². The minimum absolute atomic E-state index is 0.240. The molecule has 0 aromatic carbocycles. The van der Waals surface area contributed by atoms with Crippen LogP contribution in [-0.2, 0) is 31.2 Å². The number of nitrogens with zero attached hydrogens (tertiary/aromatic N) is 5. The summed E-state index contributed by atoms with van der Waals surface area (Å²) < 4.78 is 8.14. The predicted molar refractivity (Wildman–Crippen MR) is 71.0 cm³/mol. The second-order valence-electron chi connectivity index (χ2n) is 4.41. The zero-order valence-electron chi connectivity index (χ0n) is 11.6. The van der Waals surface area contributed by atoms with E-state index in [1.165, 1.54) is 7.11 Å². The summed E-state index contributed by atoms with van der Waals surface area (Å²) in [5.41, 5.74) is 7.63. The molecule has 2 rings (SSSR count). The highest BCUT2D eigenvalue weighted by molar-refractivity contribution is 5.88. The highest BCUT2D eigenvalue weighted by Gasteiger charge is 2.19. The Morgan fingerprint density at radius 1 is 1.45 bits per heavy atom. The first-order valence-electron chi connectivity index (χ1n) is 6.34. The molecule has 0 aliphatic carbocycles. The van der Waals surface area contributed by atoms with Crippen LogP contribution in [0.15, 0.2) is 12.4 Å². The summed E-state index contributed by atoms with van der Waals surface area (Å²) in [6.45, 7) is 1.04. The van der Waals surface area contributed by atoms with E-state index in [-0.39, 0.29) is 5.69 Å². The van der Waals surface area contributed by atoms with Crippen LogP contribution >= 0.6 is 0 Å². The number of rotatable bonds is 6. The van der Waals surface area contributed by atoms with Crippen molar-refractivity contribution < 1.29 is 9.53 Å². The largest absolute Gasteiger partial charge is 0.464 e. The summed E-state index contributed by atoms with van der Waals surface area (Å²) in [5.74, 6) is -0.485. The van der Waals surface area contributed by atoms with Crippen LogP contribution in [0, 0.1) is 0 Å². The maximum atomic E-state index is 11.6. The third-order valence-electron chi connectivity index (χ3n) is 2.97. The molecule has 8 heteroatoms. The van der Waals surface area contributed by atoms with Gasteiger partial charge in [0.15, 0.2) is 5.69 Å². The molecule has 0 amide bonds. The van der Waals surface area contributed by atoms with E-state index in [9.17, 15) is 4.79 Å². The molecule has 20 heavy (non-hydrogen) atoms. The molecule has 0 aliphatic rings. The van der Waals surface area contributed by atoms with E-state index >= 15 is 0 Å². The molecule has 0 bridgehead atoms. The van der Waals surface area contributed by atoms with Crippen molar-refractivity contribution in [2.45, 2.75) is 19.4 Å². The van der Waals surface area contributed by atoms with Crippen molar-refractivity contribution >= 4 is 5.97 Å². The number of carbonyl (C=O) groups is 1. The van der Waals surface area contributed by atoms with Crippen LogP contribution in [0.4, 0.5) is 0 Å². The fourth-order valence-corrected chi connectivity index (χ4v) is 1.99. The van der Waals surface area contributed by atoms with Gasteiger partial charge in [0.1, 0.15) is 0 Å². The van der Waals surface area contributed by atoms with Crippen LogP contribution in [-0.4, -0.2) is 44.4 Å². The number of carbonyl (C=O) groups excluding carboxylic acids is 1. The Morgan fingerprint density at radius 3 is 2.85 bits per heavy atom. The maximum Gasteiger partial charge on any atom is 0.360 e. The van der Waals surface area contributed by atoms with E-state index < -0.39 is 5.97 Å². The van der Waals surface area contributed by atoms with Gasteiger partial charge in [0.25, 0.3) is 0 Å². The van der Waals surface area contributed by atoms with E-state index in [4.69, 9.17) is 10.5 Å². The SMILES string of the molecule is COC(=O)c1nnn(CCc2cnn(C)c2)c1CCN. The van der Waals surface area contributed by atoms with Crippen LogP contribution in [0.3, 0.4) is 0 Å². The quantitative estimate of drug-likeness (QED) is 0.718. The molecule has 2 N–H and O–H groups in total. The summed E-state index contributed by atoms with van der Waals surface area (Å²) in [4.78, 5) is 11.6. The Bertz CT molecular complexity index is 589. The Kier molecular flexibility index (Phi) is 4.46. The lowest BCUT2D eigenvalue weighted by Gasteiger charge is -2.05. The lowest BCUT2D eigenvalue weighted by atomic mass is 10.2. The molecule has 0 atom stereocenters. The van der Waals surface area contributed by atoms with Crippen molar-refractivity contribution in [2.24, 2.45) is 12.8 Å². The molecule has 2 aromatic rings. The summed E-state index contributed by atoms with van der Waals surface area (Å²) in [7, 11) is 3.19. The lowest BCUT2D eigenvalue weighted by molar-refractivity contribution is 0.0592. The Hall–Kier alpha value is -2.22. The van der Waals surface area contributed by atoms with Crippen LogP contribution in [0.1, 0.15) is 21.7 Å². The van der Waals surface area contributed by atoms with Gasteiger partial charge in [-0.1, -0.05) is 5.21 Å². The average Bonchev–Trinajstić information content (AvgIpc) is 3.03. The smallest absolute Gasteiger partial charge is 0.360 e. The first-order chi connectivity index (χ1) is 9.65. The molecule has 0 spiro atoms. The van der Waals surface area contributed by atoms with E-state index in [0.717, 1.165) is 12.0 Å². The highest BCUT2D eigenvalue weighted by atomic mass is 16.5. The Labute approximate surface area is 116 Å². The number of ether oxygens (including phenoxy) is 1. The first-order valence-corrected chi connectivity index (χ1v) is 6.34. The van der Waals surface area contributed by atoms with Gasteiger partial charge in [-0.05, 0) is 18.5 Å². The van der Waals surface area contributed by atoms with Gasteiger partial charge in [-0.2, -0.15) is 5.10 Å². The second-order valence-corrected chi connectivity index (χ2v) is 4.41. The molecule has 8 nitrogen and oxygen atoms in total. The third kappa shape index (κ3) is 3.02. The normalized spacial score (nSPS) is 10.8. The molecule has 0 radical (unpaired) electrons. The molecule has 108 valence electrons. The number of hydrogen-bond donors (Lipinski definition) is 1.